The Morgan fingerprint density at radius 1 is 1.28 bits per heavy atom. The summed E-state index contributed by atoms with van der Waals surface area (Å²) < 4.78 is 50.6. The number of phosphoric acid groups is 1. The molecule has 43 heavy (non-hydrogen) atoms. The van der Waals surface area contributed by atoms with E-state index in [1.807, 2.05) is 0 Å². The van der Waals surface area contributed by atoms with Crippen molar-refractivity contribution in [2.24, 2.45) is 0 Å². The second-order valence-corrected chi connectivity index (χ2v) is 12.1. The van der Waals surface area contributed by atoms with Crippen molar-refractivity contribution in [3.63, 3.8) is 0 Å². The van der Waals surface area contributed by atoms with Crippen LogP contribution in [0.3, 0.4) is 0 Å². The summed E-state index contributed by atoms with van der Waals surface area (Å²) in [5, 5.41) is 5.25. The van der Waals surface area contributed by atoms with E-state index in [1.165, 1.54) is 12.4 Å². The third-order valence-electron chi connectivity index (χ3n) is 7.19. The largest absolute Gasteiger partial charge is 0.473 e. The highest BCUT2D eigenvalue weighted by Gasteiger charge is 2.36. The van der Waals surface area contributed by atoms with Crippen molar-refractivity contribution in [2.75, 3.05) is 57.9 Å². The molecule has 2 aromatic heterocycles. The van der Waals surface area contributed by atoms with E-state index >= 15 is 4.39 Å². The van der Waals surface area contributed by atoms with Crippen molar-refractivity contribution in [1.29, 1.82) is 0 Å². The number of hydrogen-bond acceptors (Lipinski definition) is 10. The Labute approximate surface area is 248 Å². The van der Waals surface area contributed by atoms with E-state index < -0.39 is 31.4 Å². The van der Waals surface area contributed by atoms with Gasteiger partial charge in [0.2, 0.25) is 5.95 Å². The fraction of sp³-hybridized carbons (Fsp3) is 0.556. The van der Waals surface area contributed by atoms with Gasteiger partial charge in [0.25, 0.3) is 0 Å². The van der Waals surface area contributed by atoms with E-state index in [9.17, 15) is 14.3 Å². The van der Waals surface area contributed by atoms with Gasteiger partial charge in [-0.25, -0.2) is 28.7 Å². The number of carbonyl (C=O) groups is 1. The Hall–Kier alpha value is -3.04. The van der Waals surface area contributed by atoms with E-state index in [1.54, 1.807) is 26.8 Å². The fourth-order valence-corrected chi connectivity index (χ4v) is 6.11. The van der Waals surface area contributed by atoms with Crippen molar-refractivity contribution in [2.45, 2.75) is 45.3 Å². The number of nitrogens with one attached hydrogen (secondary N) is 3. The molecule has 2 atom stereocenters. The molecule has 0 aliphatic carbocycles. The van der Waals surface area contributed by atoms with Gasteiger partial charge < -0.3 is 24.7 Å². The monoisotopic (exact) mass is 621 g/mol. The van der Waals surface area contributed by atoms with E-state index in [-0.39, 0.29) is 23.9 Å². The number of nitrogens with zero attached hydrogens (tertiary/aromatic N) is 4. The number of benzene rings is 1. The summed E-state index contributed by atoms with van der Waals surface area (Å²) in [5.74, 6) is -0.243. The molecule has 14 nitrogen and oxygen atoms in total. The van der Waals surface area contributed by atoms with Crippen LogP contribution in [-0.2, 0) is 28.7 Å². The van der Waals surface area contributed by atoms with E-state index in [2.05, 4.69) is 35.5 Å². The molecule has 0 radical (unpaired) electrons. The number of fused-ring (bicyclic) bond motifs is 1. The molecule has 4 heterocycles. The molecule has 0 saturated carbocycles. The lowest BCUT2D eigenvalue weighted by atomic mass is 9.98. The number of halogens is 1. The van der Waals surface area contributed by atoms with Gasteiger partial charge in [0.05, 0.1) is 37.0 Å². The number of rotatable bonds is 11. The molecule has 2 fully saturated rings. The number of morpholine rings is 1. The van der Waals surface area contributed by atoms with Crippen LogP contribution in [0.2, 0.25) is 0 Å². The highest BCUT2D eigenvalue weighted by Crippen LogP contribution is 2.49. The Bertz CT molecular complexity index is 1470. The molecule has 234 valence electrons. The molecule has 2 amide bonds. The summed E-state index contributed by atoms with van der Waals surface area (Å²) in [5.41, 5.74) is 0.322. The first kappa shape index (κ1) is 31.4. The van der Waals surface area contributed by atoms with Gasteiger partial charge in [-0.1, -0.05) is 0 Å². The number of imidazole rings is 1. The zero-order chi connectivity index (χ0) is 30.6. The standard InChI is InChI=1S/C27H37FN7O7P/c1-4-29-26(36)34-25-32-19-14-18(22(28)21(23(19)33-25)20-6-5-10-40-20)17-15-30-24(31-16-17)27(2,3)42-43(37,38)41-13-9-35-7-11-39-12-8-35/h14-16,20H,4-13H2,1-3H3,(H,37,38)(H3,29,32,33,34,36)/t20-/m1/s1. The molecule has 2 aliphatic heterocycles. The van der Waals surface area contributed by atoms with E-state index in [0.717, 1.165) is 19.5 Å². The maximum absolute atomic E-state index is 16.1. The predicted octanol–water partition coefficient (Wildman–Crippen LogP) is 3.85. The van der Waals surface area contributed by atoms with Crippen LogP contribution in [0.4, 0.5) is 15.1 Å². The lowest BCUT2D eigenvalue weighted by Crippen LogP contribution is -2.38. The SMILES string of the molecule is CCNC(=O)Nc1nc2cc(-c3cnc(C(C)(C)OP(=O)(O)OCCN4CCOCC4)nc3)c(F)c([C@H]3CCCO3)c2[nH]1. The van der Waals surface area contributed by atoms with Crippen molar-refractivity contribution in [1.82, 2.24) is 30.2 Å². The number of anilines is 1. The number of ether oxygens (including phenoxy) is 2. The van der Waals surface area contributed by atoms with Crippen LogP contribution in [0.5, 0.6) is 0 Å². The molecule has 16 heteroatoms. The number of carbonyl (C=O) groups excluding carboxylic acids is 1. The van der Waals surface area contributed by atoms with E-state index in [0.29, 0.717) is 61.5 Å². The molecule has 0 spiro atoms. The number of H-pyrrole nitrogens is 1. The summed E-state index contributed by atoms with van der Waals surface area (Å²) in [4.78, 5) is 40.6. The molecule has 5 rings (SSSR count). The molecular weight excluding hydrogens is 584 g/mol. The van der Waals surface area contributed by atoms with Crippen LogP contribution in [0.15, 0.2) is 18.5 Å². The van der Waals surface area contributed by atoms with Gasteiger partial charge >= 0.3 is 13.9 Å². The maximum Gasteiger partial charge on any atom is 0.473 e. The quantitative estimate of drug-likeness (QED) is 0.229. The molecule has 1 aromatic carbocycles. The van der Waals surface area contributed by atoms with Crippen LogP contribution in [0, 0.1) is 5.82 Å². The number of aromatic amines is 1. The number of aromatic nitrogens is 4. The van der Waals surface area contributed by atoms with Crippen molar-refractivity contribution in [3.8, 4) is 11.1 Å². The highest BCUT2D eigenvalue weighted by atomic mass is 31.2. The topological polar surface area (TPSA) is 173 Å². The third-order valence-corrected chi connectivity index (χ3v) is 8.38. The maximum atomic E-state index is 16.1. The van der Waals surface area contributed by atoms with Gasteiger partial charge in [0.15, 0.2) is 5.82 Å². The molecule has 4 N–H and O–H groups in total. The van der Waals surface area contributed by atoms with Gasteiger partial charge in [0, 0.05) is 61.9 Å². The zero-order valence-corrected chi connectivity index (χ0v) is 25.3. The average Bonchev–Trinajstić information content (AvgIpc) is 3.63. The summed E-state index contributed by atoms with van der Waals surface area (Å²) >= 11 is 0. The van der Waals surface area contributed by atoms with Crippen LogP contribution in [0.25, 0.3) is 22.2 Å². The first-order valence-corrected chi connectivity index (χ1v) is 15.8. The van der Waals surface area contributed by atoms with E-state index in [4.69, 9.17) is 18.5 Å². The van der Waals surface area contributed by atoms with Crippen LogP contribution in [0.1, 0.15) is 51.1 Å². The van der Waals surface area contributed by atoms with Crippen LogP contribution >= 0.6 is 7.82 Å². The normalized spacial score (nSPS) is 19.4. The van der Waals surface area contributed by atoms with Gasteiger partial charge in [-0.2, -0.15) is 0 Å². The van der Waals surface area contributed by atoms with Gasteiger partial charge in [0.1, 0.15) is 11.4 Å². The van der Waals surface area contributed by atoms with Crippen molar-refractivity contribution < 1.29 is 37.2 Å². The summed E-state index contributed by atoms with van der Waals surface area (Å²) in [6, 6.07) is 1.11. The first-order valence-electron chi connectivity index (χ1n) is 14.3. The predicted molar refractivity (Wildman–Crippen MR) is 155 cm³/mol. The van der Waals surface area contributed by atoms with Crippen molar-refractivity contribution in [3.05, 3.63) is 35.7 Å². The minimum Gasteiger partial charge on any atom is -0.379 e. The molecule has 3 aromatic rings. The fourth-order valence-electron chi connectivity index (χ4n) is 5.08. The van der Waals surface area contributed by atoms with Crippen LogP contribution in [-0.4, -0.2) is 88.4 Å². The minimum atomic E-state index is -4.44. The number of hydrogen-bond donors (Lipinski definition) is 4. The lowest BCUT2D eigenvalue weighted by molar-refractivity contribution is 0.0176. The average molecular weight is 622 g/mol. The Kier molecular flexibility index (Phi) is 9.71. The minimum absolute atomic E-state index is 0.00610. The second kappa shape index (κ2) is 13.3. The third kappa shape index (κ3) is 7.55. The molecule has 0 bridgehead atoms. The highest BCUT2D eigenvalue weighted by molar-refractivity contribution is 7.47. The molecule has 2 aliphatic rings. The lowest BCUT2D eigenvalue weighted by Gasteiger charge is -2.28. The summed E-state index contributed by atoms with van der Waals surface area (Å²) in [6.07, 6.45) is 3.75. The number of amides is 2. The second-order valence-electron chi connectivity index (χ2n) is 10.8. The smallest absolute Gasteiger partial charge is 0.379 e. The Morgan fingerprint density at radius 3 is 2.70 bits per heavy atom. The van der Waals surface area contributed by atoms with Gasteiger partial charge in [-0.3, -0.25) is 19.3 Å². The molecular formula is C27H37FN7O7P. The Morgan fingerprint density at radius 2 is 2.02 bits per heavy atom. The number of phosphoric ester groups is 1. The van der Waals surface area contributed by atoms with Crippen LogP contribution < -0.4 is 10.6 Å². The van der Waals surface area contributed by atoms with Crippen molar-refractivity contribution >= 4 is 30.8 Å². The zero-order valence-electron chi connectivity index (χ0n) is 24.4. The molecule has 1 unspecified atom stereocenters. The Balaban J connectivity index is 1.35. The van der Waals surface area contributed by atoms with Gasteiger partial charge in [-0.05, 0) is 39.7 Å². The van der Waals surface area contributed by atoms with Gasteiger partial charge in [-0.15, -0.1) is 0 Å². The summed E-state index contributed by atoms with van der Waals surface area (Å²) in [6.45, 7) is 8.96. The number of urea groups is 1. The first-order chi connectivity index (χ1) is 20.6. The summed E-state index contributed by atoms with van der Waals surface area (Å²) in [7, 11) is -4.44. The molecule has 2 saturated heterocycles.